The first-order chi connectivity index (χ1) is 14.5. The van der Waals surface area contributed by atoms with Crippen molar-refractivity contribution in [3.8, 4) is 5.75 Å². The SMILES string of the molecule is CCOC(=O)NC(C(=O)OC)C1C(=O)N(Cc2ccccc2)c2ccc(OC)cc21. The van der Waals surface area contributed by atoms with Crippen molar-refractivity contribution in [2.24, 2.45) is 0 Å². The molecular weight excluding hydrogens is 388 g/mol. The van der Waals surface area contributed by atoms with Crippen molar-refractivity contribution in [1.29, 1.82) is 0 Å². The van der Waals surface area contributed by atoms with Crippen molar-refractivity contribution in [3.63, 3.8) is 0 Å². The second-order valence-electron chi connectivity index (χ2n) is 6.68. The summed E-state index contributed by atoms with van der Waals surface area (Å²) in [5.74, 6) is -1.51. The van der Waals surface area contributed by atoms with Crippen LogP contribution < -0.4 is 15.0 Å². The second-order valence-corrected chi connectivity index (χ2v) is 6.68. The maximum Gasteiger partial charge on any atom is 0.407 e. The van der Waals surface area contributed by atoms with Crippen molar-refractivity contribution < 1.29 is 28.6 Å². The zero-order chi connectivity index (χ0) is 21.7. The molecule has 1 aliphatic heterocycles. The number of carbonyl (C=O) groups is 3. The first kappa shape index (κ1) is 21.2. The Kier molecular flexibility index (Phi) is 6.56. The number of hydrogen-bond donors (Lipinski definition) is 1. The Hall–Kier alpha value is -3.55. The third kappa shape index (κ3) is 4.22. The van der Waals surface area contributed by atoms with Gasteiger partial charge in [0.05, 0.1) is 33.3 Å². The molecule has 2 atom stereocenters. The van der Waals surface area contributed by atoms with Crippen LogP contribution in [0.25, 0.3) is 0 Å². The summed E-state index contributed by atoms with van der Waals surface area (Å²) in [7, 11) is 2.72. The van der Waals surface area contributed by atoms with Gasteiger partial charge in [0.15, 0.2) is 0 Å². The first-order valence-corrected chi connectivity index (χ1v) is 9.54. The number of nitrogens with zero attached hydrogens (tertiary/aromatic N) is 1. The molecule has 0 aromatic heterocycles. The van der Waals surface area contributed by atoms with Crippen LogP contribution >= 0.6 is 0 Å². The molecule has 0 bridgehead atoms. The summed E-state index contributed by atoms with van der Waals surface area (Å²) in [5.41, 5.74) is 2.15. The van der Waals surface area contributed by atoms with Gasteiger partial charge in [0.25, 0.3) is 0 Å². The summed E-state index contributed by atoms with van der Waals surface area (Å²) < 4.78 is 15.1. The van der Waals surface area contributed by atoms with Gasteiger partial charge in [-0.15, -0.1) is 0 Å². The molecule has 1 heterocycles. The number of amides is 2. The summed E-state index contributed by atoms with van der Waals surface area (Å²) >= 11 is 0. The highest BCUT2D eigenvalue weighted by Gasteiger charge is 2.46. The number of hydrogen-bond acceptors (Lipinski definition) is 6. The van der Waals surface area contributed by atoms with Gasteiger partial charge in [0, 0.05) is 5.69 Å². The van der Waals surface area contributed by atoms with Crippen LogP contribution in [-0.4, -0.2) is 44.8 Å². The molecule has 158 valence electrons. The molecular formula is C22H24N2O6. The maximum absolute atomic E-state index is 13.5. The third-order valence-electron chi connectivity index (χ3n) is 4.91. The van der Waals surface area contributed by atoms with E-state index in [-0.39, 0.29) is 12.5 Å². The van der Waals surface area contributed by atoms with E-state index in [0.717, 1.165) is 5.56 Å². The Morgan fingerprint density at radius 3 is 2.50 bits per heavy atom. The highest BCUT2D eigenvalue weighted by molar-refractivity contribution is 6.08. The number of carbonyl (C=O) groups excluding carboxylic acids is 3. The van der Waals surface area contributed by atoms with E-state index in [2.05, 4.69) is 5.32 Å². The number of rotatable bonds is 7. The van der Waals surface area contributed by atoms with Crippen LogP contribution in [0.5, 0.6) is 5.75 Å². The number of nitrogens with one attached hydrogen (secondary N) is 1. The summed E-state index contributed by atoms with van der Waals surface area (Å²) in [4.78, 5) is 39.6. The molecule has 2 aromatic rings. The van der Waals surface area contributed by atoms with Crippen LogP contribution in [0.2, 0.25) is 0 Å². The molecule has 2 unspecified atom stereocenters. The Morgan fingerprint density at radius 2 is 1.87 bits per heavy atom. The van der Waals surface area contributed by atoms with Crippen molar-refractivity contribution in [2.45, 2.75) is 25.4 Å². The molecule has 30 heavy (non-hydrogen) atoms. The number of fused-ring (bicyclic) bond motifs is 1. The molecule has 1 N–H and O–H groups in total. The number of alkyl carbamates (subject to hydrolysis) is 1. The average molecular weight is 412 g/mol. The molecule has 2 amide bonds. The Bertz CT molecular complexity index is 930. The summed E-state index contributed by atoms with van der Waals surface area (Å²) in [5, 5.41) is 2.48. The van der Waals surface area contributed by atoms with E-state index in [0.29, 0.717) is 23.5 Å². The molecule has 8 nitrogen and oxygen atoms in total. The van der Waals surface area contributed by atoms with Crippen LogP contribution in [0.3, 0.4) is 0 Å². The smallest absolute Gasteiger partial charge is 0.407 e. The molecule has 2 aromatic carbocycles. The molecule has 0 radical (unpaired) electrons. The topological polar surface area (TPSA) is 94.2 Å². The van der Waals surface area contributed by atoms with E-state index >= 15 is 0 Å². The zero-order valence-corrected chi connectivity index (χ0v) is 17.1. The minimum atomic E-state index is -1.24. The van der Waals surface area contributed by atoms with E-state index < -0.39 is 24.0 Å². The monoisotopic (exact) mass is 412 g/mol. The number of methoxy groups -OCH3 is 2. The molecule has 0 saturated heterocycles. The maximum atomic E-state index is 13.5. The van der Waals surface area contributed by atoms with Crippen LogP contribution in [0.15, 0.2) is 48.5 Å². The summed E-state index contributed by atoms with van der Waals surface area (Å²) in [6.45, 7) is 2.10. The lowest BCUT2D eigenvalue weighted by molar-refractivity contribution is -0.145. The van der Waals surface area contributed by atoms with Crippen LogP contribution in [0.1, 0.15) is 24.0 Å². The molecule has 8 heteroatoms. The molecule has 0 fully saturated rings. The summed E-state index contributed by atoms with van der Waals surface area (Å²) in [6.07, 6.45) is -0.799. The van der Waals surface area contributed by atoms with Gasteiger partial charge in [-0.3, -0.25) is 4.79 Å². The van der Waals surface area contributed by atoms with E-state index in [4.69, 9.17) is 14.2 Å². The lowest BCUT2D eigenvalue weighted by atomic mass is 9.92. The van der Waals surface area contributed by atoms with Gasteiger partial charge in [0.1, 0.15) is 11.8 Å². The predicted octanol–water partition coefficient (Wildman–Crippen LogP) is 2.61. The lowest BCUT2D eigenvalue weighted by Gasteiger charge is -2.22. The number of esters is 1. The molecule has 1 aliphatic rings. The van der Waals surface area contributed by atoms with Gasteiger partial charge in [-0.2, -0.15) is 0 Å². The Labute approximate surface area is 174 Å². The fraction of sp³-hybridized carbons (Fsp3) is 0.318. The van der Waals surface area contributed by atoms with Gasteiger partial charge in [0.2, 0.25) is 5.91 Å². The minimum absolute atomic E-state index is 0.128. The lowest BCUT2D eigenvalue weighted by Crippen LogP contribution is -2.48. The fourth-order valence-corrected chi connectivity index (χ4v) is 3.53. The van der Waals surface area contributed by atoms with E-state index in [1.54, 1.807) is 30.0 Å². The van der Waals surface area contributed by atoms with Gasteiger partial charge in [-0.05, 0) is 36.2 Å². The second kappa shape index (κ2) is 9.30. The van der Waals surface area contributed by atoms with Gasteiger partial charge in [-0.25, -0.2) is 9.59 Å². The van der Waals surface area contributed by atoms with Gasteiger partial charge >= 0.3 is 12.1 Å². The van der Waals surface area contributed by atoms with E-state index in [9.17, 15) is 14.4 Å². The van der Waals surface area contributed by atoms with Crippen molar-refractivity contribution in [1.82, 2.24) is 5.32 Å². The normalized spacial score (nSPS) is 15.9. The quantitative estimate of drug-likeness (QED) is 0.703. The molecule has 0 spiro atoms. The van der Waals surface area contributed by atoms with Gasteiger partial charge < -0.3 is 24.4 Å². The average Bonchev–Trinajstić information content (AvgIpc) is 3.03. The van der Waals surface area contributed by atoms with Crippen molar-refractivity contribution in [2.75, 3.05) is 25.7 Å². The minimum Gasteiger partial charge on any atom is -0.497 e. The standard InChI is InChI=1S/C22H24N2O6/c1-4-30-22(27)23-19(21(26)29-3)18-16-12-15(28-2)10-11-17(16)24(20(18)25)13-14-8-6-5-7-9-14/h5-12,18-19H,4,13H2,1-3H3,(H,23,27). The Balaban J connectivity index is 2.03. The highest BCUT2D eigenvalue weighted by atomic mass is 16.6. The zero-order valence-electron chi connectivity index (χ0n) is 17.1. The van der Waals surface area contributed by atoms with Gasteiger partial charge in [-0.1, -0.05) is 30.3 Å². The van der Waals surface area contributed by atoms with Crippen LogP contribution in [0.4, 0.5) is 10.5 Å². The Morgan fingerprint density at radius 1 is 1.13 bits per heavy atom. The first-order valence-electron chi connectivity index (χ1n) is 9.54. The fourth-order valence-electron chi connectivity index (χ4n) is 3.53. The molecule has 3 rings (SSSR count). The van der Waals surface area contributed by atoms with Crippen molar-refractivity contribution in [3.05, 3.63) is 59.7 Å². The highest BCUT2D eigenvalue weighted by Crippen LogP contribution is 2.42. The van der Waals surface area contributed by atoms with Crippen LogP contribution in [-0.2, 0) is 25.6 Å². The number of benzene rings is 2. The van der Waals surface area contributed by atoms with Crippen molar-refractivity contribution >= 4 is 23.7 Å². The number of ether oxygens (including phenoxy) is 3. The third-order valence-corrected chi connectivity index (χ3v) is 4.91. The molecule has 0 aliphatic carbocycles. The largest absolute Gasteiger partial charge is 0.497 e. The van der Waals surface area contributed by atoms with Crippen LogP contribution in [0, 0.1) is 0 Å². The van der Waals surface area contributed by atoms with E-state index in [1.165, 1.54) is 14.2 Å². The number of anilines is 1. The molecule has 0 saturated carbocycles. The summed E-state index contributed by atoms with van der Waals surface area (Å²) in [6, 6.07) is 13.5. The van der Waals surface area contributed by atoms with E-state index in [1.807, 2.05) is 30.3 Å². The predicted molar refractivity (Wildman–Crippen MR) is 109 cm³/mol.